The molecular weight excluding hydrogens is 931 g/mol. The highest BCUT2D eigenvalue weighted by molar-refractivity contribution is 5.76. The number of hydrogen-bond acceptors (Lipinski definition) is 10. The van der Waals surface area contributed by atoms with E-state index in [0.717, 1.165) is 57.8 Å². The minimum atomic E-state index is -1.58. The van der Waals surface area contributed by atoms with Crippen LogP contribution in [0.25, 0.3) is 0 Å². The van der Waals surface area contributed by atoms with Crippen LogP contribution in [0.5, 0.6) is 0 Å². The smallest absolute Gasteiger partial charge is 0.305 e. The third kappa shape index (κ3) is 41.7. The molecule has 7 unspecified atom stereocenters. The topological polar surface area (TPSA) is 175 Å². The van der Waals surface area contributed by atoms with Crippen LogP contribution < -0.4 is 5.32 Å². The van der Waals surface area contributed by atoms with Crippen molar-refractivity contribution < 1.29 is 49.3 Å². The van der Waals surface area contributed by atoms with Crippen molar-refractivity contribution in [3.05, 3.63) is 48.6 Å². The summed E-state index contributed by atoms with van der Waals surface area (Å²) in [6.45, 7) is 4.24. The molecule has 0 aromatic rings. The molecule has 11 nitrogen and oxygen atoms in total. The van der Waals surface area contributed by atoms with Crippen LogP contribution in [0.2, 0.25) is 0 Å². The summed E-state index contributed by atoms with van der Waals surface area (Å²) in [4.78, 5) is 25.0. The van der Waals surface area contributed by atoms with Crippen LogP contribution in [0.3, 0.4) is 0 Å². The second kappa shape index (κ2) is 52.7. The predicted molar refractivity (Wildman–Crippen MR) is 306 cm³/mol. The summed E-state index contributed by atoms with van der Waals surface area (Å²) in [5.74, 6) is -0.204. The molecule has 6 N–H and O–H groups in total. The van der Waals surface area contributed by atoms with Crippen LogP contribution in [-0.2, 0) is 23.8 Å². The number of allylic oxidation sites excluding steroid dienone is 7. The lowest BCUT2D eigenvalue weighted by Gasteiger charge is -2.40. The number of rotatable bonds is 53. The fourth-order valence-electron chi connectivity index (χ4n) is 9.43. The molecule has 432 valence electrons. The highest BCUT2D eigenvalue weighted by Gasteiger charge is 2.44. The largest absolute Gasteiger partial charge is 0.466 e. The number of aliphatic hydroxyl groups is 5. The third-order valence-electron chi connectivity index (χ3n) is 14.4. The van der Waals surface area contributed by atoms with Crippen molar-refractivity contribution in [1.29, 1.82) is 0 Å². The molecule has 1 aliphatic heterocycles. The summed E-state index contributed by atoms with van der Waals surface area (Å²) in [6, 6.07) is -0.828. The van der Waals surface area contributed by atoms with E-state index in [1.807, 2.05) is 6.08 Å². The molecule has 0 radical (unpaired) electrons. The third-order valence-corrected chi connectivity index (χ3v) is 14.4. The Kier molecular flexibility index (Phi) is 49.6. The van der Waals surface area contributed by atoms with E-state index >= 15 is 0 Å². The van der Waals surface area contributed by atoms with Crippen molar-refractivity contribution in [2.75, 3.05) is 19.8 Å². The van der Waals surface area contributed by atoms with Gasteiger partial charge in [-0.15, -0.1) is 0 Å². The Labute approximate surface area is 453 Å². The number of amides is 1. The van der Waals surface area contributed by atoms with Crippen LogP contribution in [0.1, 0.15) is 277 Å². The van der Waals surface area contributed by atoms with Gasteiger partial charge in [-0.25, -0.2) is 0 Å². The van der Waals surface area contributed by atoms with Gasteiger partial charge < -0.3 is 45.1 Å². The van der Waals surface area contributed by atoms with Crippen molar-refractivity contribution in [3.8, 4) is 0 Å². The van der Waals surface area contributed by atoms with Crippen molar-refractivity contribution >= 4 is 11.9 Å². The molecule has 1 fully saturated rings. The highest BCUT2D eigenvalue weighted by atomic mass is 16.7. The first-order chi connectivity index (χ1) is 36.2. The second-order valence-corrected chi connectivity index (χ2v) is 21.4. The average Bonchev–Trinajstić information content (AvgIpc) is 3.40. The van der Waals surface area contributed by atoms with E-state index in [0.29, 0.717) is 19.4 Å². The number of ether oxygens (including phenoxy) is 3. The Hall–Kier alpha value is -2.38. The van der Waals surface area contributed by atoms with E-state index in [1.165, 1.54) is 193 Å². The van der Waals surface area contributed by atoms with Crippen molar-refractivity contribution in [1.82, 2.24) is 5.32 Å². The van der Waals surface area contributed by atoms with Crippen molar-refractivity contribution in [3.63, 3.8) is 0 Å². The number of carbonyl (C=O) groups is 2. The standard InChI is InChI=1S/C63H115NO10/c1-3-5-7-9-11-13-30-35-39-43-47-51-59(68)72-52-48-44-40-36-32-29-27-25-23-21-19-17-15-14-16-18-20-22-24-26-28-31-34-38-42-46-50-58(67)64-55(56(66)49-45-41-37-33-12-10-8-6-4-2)54-73-63-62(71)61(70)60(69)57(53-65)74-63/h9,11-12,14,16,33,45,49,55-57,60-63,65-66,69-71H,3-8,10,13,15,17-32,34-44,46-48,50-54H2,1-2H3,(H,64,67)/b11-9-,16-14-,33-12+,49-45+. The summed E-state index contributed by atoms with van der Waals surface area (Å²) in [5.41, 5.74) is 0. The maximum Gasteiger partial charge on any atom is 0.305 e. The van der Waals surface area contributed by atoms with E-state index in [-0.39, 0.29) is 18.5 Å². The zero-order valence-corrected chi connectivity index (χ0v) is 47.6. The first kappa shape index (κ1) is 69.6. The van der Waals surface area contributed by atoms with E-state index in [2.05, 4.69) is 55.6 Å². The second-order valence-electron chi connectivity index (χ2n) is 21.4. The molecule has 1 rings (SSSR count). The number of nitrogens with one attached hydrogen (secondary N) is 1. The van der Waals surface area contributed by atoms with Gasteiger partial charge in [-0.3, -0.25) is 9.59 Å². The van der Waals surface area contributed by atoms with E-state index < -0.39 is 49.5 Å². The molecule has 0 bridgehead atoms. The molecule has 1 heterocycles. The van der Waals surface area contributed by atoms with Crippen molar-refractivity contribution in [2.24, 2.45) is 0 Å². The van der Waals surface area contributed by atoms with Gasteiger partial charge in [-0.2, -0.15) is 0 Å². The lowest BCUT2D eigenvalue weighted by Crippen LogP contribution is -2.60. The van der Waals surface area contributed by atoms with Gasteiger partial charge in [-0.1, -0.05) is 223 Å². The SMILES string of the molecule is CCCC/C=C\CCCCCCCC(=O)OCCCCCCCCCCCCCC/C=C\CCCCCCCCCCCCC(=O)NC(COC1OC(CO)C(O)C(O)C1O)C(O)/C=C/CC/C=C/CCCCC. The molecule has 11 heteroatoms. The summed E-state index contributed by atoms with van der Waals surface area (Å²) in [6.07, 6.45) is 56.7. The van der Waals surface area contributed by atoms with Crippen LogP contribution >= 0.6 is 0 Å². The lowest BCUT2D eigenvalue weighted by atomic mass is 9.99. The predicted octanol–water partition coefficient (Wildman–Crippen LogP) is 14.5. The minimum Gasteiger partial charge on any atom is -0.466 e. The molecule has 1 amide bonds. The molecule has 0 aliphatic carbocycles. The number of hydrogen-bond donors (Lipinski definition) is 6. The number of unbranched alkanes of at least 4 members (excludes halogenated alkanes) is 33. The fourth-order valence-corrected chi connectivity index (χ4v) is 9.43. The minimum absolute atomic E-state index is 0.00779. The molecule has 0 aromatic heterocycles. The van der Waals surface area contributed by atoms with Gasteiger partial charge in [0, 0.05) is 12.8 Å². The van der Waals surface area contributed by atoms with Crippen LogP contribution in [-0.4, -0.2) is 100 Å². The van der Waals surface area contributed by atoms with Gasteiger partial charge in [0.1, 0.15) is 24.4 Å². The first-order valence-electron chi connectivity index (χ1n) is 30.9. The Morgan fingerprint density at radius 1 is 0.486 bits per heavy atom. The highest BCUT2D eigenvalue weighted by Crippen LogP contribution is 2.23. The Bertz CT molecular complexity index is 1370. The summed E-state index contributed by atoms with van der Waals surface area (Å²) < 4.78 is 16.6. The number of aliphatic hydroxyl groups excluding tert-OH is 5. The quantitative estimate of drug-likeness (QED) is 0.0195. The average molecular weight is 1050 g/mol. The lowest BCUT2D eigenvalue weighted by molar-refractivity contribution is -0.302. The fraction of sp³-hybridized carbons (Fsp3) is 0.841. The van der Waals surface area contributed by atoms with E-state index in [1.54, 1.807) is 6.08 Å². The molecule has 0 saturated carbocycles. The van der Waals surface area contributed by atoms with Gasteiger partial charge in [0.15, 0.2) is 6.29 Å². The van der Waals surface area contributed by atoms with Crippen LogP contribution in [0.15, 0.2) is 48.6 Å². The summed E-state index contributed by atoms with van der Waals surface area (Å²) in [7, 11) is 0. The number of esters is 1. The Morgan fingerprint density at radius 2 is 0.892 bits per heavy atom. The van der Waals surface area contributed by atoms with Gasteiger partial charge in [-0.05, 0) is 89.9 Å². The monoisotopic (exact) mass is 1050 g/mol. The molecule has 1 saturated heterocycles. The summed E-state index contributed by atoms with van der Waals surface area (Å²) >= 11 is 0. The Balaban J connectivity index is 1.99. The van der Waals surface area contributed by atoms with Gasteiger partial charge in [0.2, 0.25) is 5.91 Å². The maximum atomic E-state index is 13.0. The maximum absolute atomic E-state index is 13.0. The summed E-state index contributed by atoms with van der Waals surface area (Å²) in [5, 5.41) is 54.2. The first-order valence-corrected chi connectivity index (χ1v) is 30.9. The van der Waals surface area contributed by atoms with Crippen molar-refractivity contribution in [2.45, 2.75) is 320 Å². The van der Waals surface area contributed by atoms with E-state index in [4.69, 9.17) is 14.2 Å². The molecular formula is C63H115NO10. The van der Waals surface area contributed by atoms with Crippen LogP contribution in [0, 0.1) is 0 Å². The van der Waals surface area contributed by atoms with Gasteiger partial charge in [0.25, 0.3) is 0 Å². The molecule has 74 heavy (non-hydrogen) atoms. The van der Waals surface area contributed by atoms with Gasteiger partial charge >= 0.3 is 5.97 Å². The van der Waals surface area contributed by atoms with Crippen LogP contribution in [0.4, 0.5) is 0 Å². The molecule has 7 atom stereocenters. The van der Waals surface area contributed by atoms with Gasteiger partial charge in [0.05, 0.1) is 32.0 Å². The molecule has 0 aromatic carbocycles. The zero-order valence-electron chi connectivity index (χ0n) is 47.6. The Morgan fingerprint density at radius 3 is 1.38 bits per heavy atom. The molecule has 1 aliphatic rings. The normalized spacial score (nSPS) is 19.1. The number of carbonyl (C=O) groups excluding carboxylic acids is 2. The zero-order chi connectivity index (χ0) is 53.8. The van der Waals surface area contributed by atoms with E-state index in [9.17, 15) is 35.1 Å². The molecule has 0 spiro atoms.